The third-order valence-corrected chi connectivity index (χ3v) is 5.14. The summed E-state index contributed by atoms with van der Waals surface area (Å²) >= 11 is 0. The van der Waals surface area contributed by atoms with Gasteiger partial charge in [-0.05, 0) is 61.9 Å². The zero-order valence-electron chi connectivity index (χ0n) is 13.6. The predicted molar refractivity (Wildman–Crippen MR) is 91.3 cm³/mol. The van der Waals surface area contributed by atoms with Crippen molar-refractivity contribution in [2.45, 2.75) is 44.7 Å². The molecule has 2 bridgehead atoms. The van der Waals surface area contributed by atoms with Gasteiger partial charge in [0.2, 0.25) is 0 Å². The summed E-state index contributed by atoms with van der Waals surface area (Å²) in [5, 5.41) is 3.00. The zero-order valence-corrected chi connectivity index (χ0v) is 13.6. The quantitative estimate of drug-likeness (QED) is 0.892. The maximum absolute atomic E-state index is 13.4. The van der Waals surface area contributed by atoms with Crippen LogP contribution in [-0.2, 0) is 0 Å². The third-order valence-electron chi connectivity index (χ3n) is 5.14. The molecule has 24 heavy (non-hydrogen) atoms. The Kier molecular flexibility index (Phi) is 3.71. The average molecular weight is 325 g/mol. The Morgan fingerprint density at radius 1 is 1.25 bits per heavy atom. The molecule has 1 aromatic carbocycles. The number of nitrogens with zero attached hydrogens (tertiary/aromatic N) is 2. The highest BCUT2D eigenvalue weighted by Crippen LogP contribution is 2.38. The van der Waals surface area contributed by atoms with Crippen LogP contribution in [0.2, 0.25) is 0 Å². The summed E-state index contributed by atoms with van der Waals surface area (Å²) < 4.78 is 13.4. The highest BCUT2D eigenvalue weighted by Gasteiger charge is 2.44. The summed E-state index contributed by atoms with van der Waals surface area (Å²) in [6.07, 6.45) is 7.40. The molecule has 1 N–H and O–H groups in total. The van der Waals surface area contributed by atoms with Crippen LogP contribution in [0.5, 0.6) is 0 Å². The molecule has 2 atom stereocenters. The molecule has 124 valence electrons. The number of aryl methyl sites for hydroxylation is 1. The van der Waals surface area contributed by atoms with Gasteiger partial charge in [-0.15, -0.1) is 0 Å². The van der Waals surface area contributed by atoms with Gasteiger partial charge in [-0.25, -0.2) is 9.18 Å². The van der Waals surface area contributed by atoms with Crippen molar-refractivity contribution in [3.63, 3.8) is 0 Å². The molecule has 0 saturated carbocycles. The first-order valence-corrected chi connectivity index (χ1v) is 8.43. The van der Waals surface area contributed by atoms with Crippen molar-refractivity contribution in [2.75, 3.05) is 5.32 Å². The highest BCUT2D eigenvalue weighted by atomic mass is 19.1. The van der Waals surface area contributed by atoms with Gasteiger partial charge in [0.15, 0.2) is 0 Å². The van der Waals surface area contributed by atoms with Crippen LogP contribution in [0, 0.1) is 12.7 Å². The second-order valence-electron chi connectivity index (χ2n) is 6.73. The lowest BCUT2D eigenvalue weighted by molar-refractivity contribution is 0.0173. The number of aromatic nitrogens is 1. The Hall–Kier alpha value is -2.43. The second kappa shape index (κ2) is 5.89. The Bertz CT molecular complexity index is 778. The maximum Gasteiger partial charge on any atom is 0.322 e. The predicted octanol–water partition coefficient (Wildman–Crippen LogP) is 4.35. The number of nitrogens with one attached hydrogen (secondary N) is 1. The van der Waals surface area contributed by atoms with Gasteiger partial charge in [0, 0.05) is 29.5 Å². The first kappa shape index (κ1) is 15.1. The fourth-order valence-corrected chi connectivity index (χ4v) is 3.89. The van der Waals surface area contributed by atoms with E-state index in [-0.39, 0.29) is 11.8 Å². The van der Waals surface area contributed by atoms with Crippen molar-refractivity contribution in [1.82, 2.24) is 9.88 Å². The number of hydrogen-bond acceptors (Lipinski definition) is 2. The van der Waals surface area contributed by atoms with Crippen LogP contribution in [0.25, 0.3) is 11.1 Å². The minimum absolute atomic E-state index is 0.0249. The van der Waals surface area contributed by atoms with Crippen LogP contribution >= 0.6 is 0 Å². The van der Waals surface area contributed by atoms with Crippen LogP contribution in [0.3, 0.4) is 0 Å². The van der Waals surface area contributed by atoms with E-state index in [1.165, 1.54) is 18.7 Å². The standard InChI is InChI=1S/C19H20FN3O/c1-12-5-6-15(8-18(12)13-7-14(20)11-21-10-13)22-19(24)23-16-3-2-4-17(23)9-16/h5-8,10-11,16-17H,2-4,9H2,1H3,(H,22,24). The van der Waals surface area contributed by atoms with E-state index < -0.39 is 0 Å². The molecule has 0 radical (unpaired) electrons. The Balaban J connectivity index is 1.56. The summed E-state index contributed by atoms with van der Waals surface area (Å²) in [4.78, 5) is 18.4. The van der Waals surface area contributed by atoms with Gasteiger partial charge in [0.1, 0.15) is 5.82 Å². The lowest BCUT2D eigenvalue weighted by atomic mass is 9.80. The first-order valence-electron chi connectivity index (χ1n) is 8.43. The number of rotatable bonds is 2. The van der Waals surface area contributed by atoms with Gasteiger partial charge >= 0.3 is 6.03 Å². The number of carbonyl (C=O) groups excluding carboxylic acids is 1. The topological polar surface area (TPSA) is 45.2 Å². The molecule has 5 heteroatoms. The molecule has 2 saturated heterocycles. The van der Waals surface area contributed by atoms with Gasteiger partial charge in [-0.1, -0.05) is 6.07 Å². The zero-order chi connectivity index (χ0) is 16.7. The van der Waals surface area contributed by atoms with Crippen LogP contribution in [-0.4, -0.2) is 28.0 Å². The molecular weight excluding hydrogens is 305 g/mol. The lowest BCUT2D eigenvalue weighted by Gasteiger charge is -2.52. The van der Waals surface area contributed by atoms with Crippen molar-refractivity contribution >= 4 is 11.7 Å². The first-order chi connectivity index (χ1) is 11.6. The fourth-order valence-electron chi connectivity index (χ4n) is 3.89. The van der Waals surface area contributed by atoms with Gasteiger partial charge in [-0.2, -0.15) is 0 Å². The van der Waals surface area contributed by atoms with E-state index in [0.717, 1.165) is 36.1 Å². The van der Waals surface area contributed by atoms with Crippen LogP contribution in [0.4, 0.5) is 14.9 Å². The van der Waals surface area contributed by atoms with Gasteiger partial charge in [0.25, 0.3) is 0 Å². The van der Waals surface area contributed by atoms with E-state index in [9.17, 15) is 9.18 Å². The number of benzene rings is 1. The SMILES string of the molecule is Cc1ccc(NC(=O)N2C3CCCC2C3)cc1-c1cncc(F)c1. The molecule has 2 unspecified atom stereocenters. The number of amides is 2. The van der Waals surface area contributed by atoms with Gasteiger partial charge < -0.3 is 10.2 Å². The molecule has 4 nitrogen and oxygen atoms in total. The minimum Gasteiger partial charge on any atom is -0.318 e. The molecule has 0 spiro atoms. The normalized spacial score (nSPS) is 22.0. The maximum atomic E-state index is 13.4. The van der Waals surface area contributed by atoms with Gasteiger partial charge in [0.05, 0.1) is 6.20 Å². The van der Waals surface area contributed by atoms with Crippen molar-refractivity contribution in [3.8, 4) is 11.1 Å². The van der Waals surface area contributed by atoms with Crippen LogP contribution in [0.1, 0.15) is 31.2 Å². The molecular formula is C19H20FN3O. The summed E-state index contributed by atoms with van der Waals surface area (Å²) in [5.41, 5.74) is 3.34. The number of urea groups is 1. The second-order valence-corrected chi connectivity index (χ2v) is 6.73. The Morgan fingerprint density at radius 2 is 2.04 bits per heavy atom. The Labute approximate surface area is 140 Å². The van der Waals surface area contributed by atoms with Crippen LogP contribution in [0.15, 0.2) is 36.7 Å². The third kappa shape index (κ3) is 2.64. The van der Waals surface area contributed by atoms with Crippen molar-refractivity contribution in [1.29, 1.82) is 0 Å². The van der Waals surface area contributed by atoms with Crippen molar-refractivity contribution < 1.29 is 9.18 Å². The van der Waals surface area contributed by atoms with E-state index in [2.05, 4.69) is 10.3 Å². The van der Waals surface area contributed by atoms with Crippen LogP contribution < -0.4 is 5.32 Å². The van der Waals surface area contributed by atoms with E-state index in [1.807, 2.05) is 30.0 Å². The molecule has 2 aliphatic rings. The molecule has 0 aliphatic carbocycles. The molecule has 4 rings (SSSR count). The van der Waals surface area contributed by atoms with E-state index in [4.69, 9.17) is 0 Å². The molecule has 3 heterocycles. The van der Waals surface area contributed by atoms with Crippen molar-refractivity contribution in [2.24, 2.45) is 0 Å². The number of hydrogen-bond donors (Lipinski definition) is 1. The molecule has 2 aromatic rings. The van der Waals surface area contributed by atoms with E-state index in [1.54, 1.807) is 6.20 Å². The van der Waals surface area contributed by atoms with E-state index >= 15 is 0 Å². The number of pyridine rings is 1. The highest BCUT2D eigenvalue weighted by molar-refractivity contribution is 5.91. The number of fused-ring (bicyclic) bond motifs is 2. The summed E-state index contributed by atoms with van der Waals surface area (Å²) in [7, 11) is 0. The van der Waals surface area contributed by atoms with Gasteiger partial charge in [-0.3, -0.25) is 4.98 Å². The lowest BCUT2D eigenvalue weighted by Crippen LogP contribution is -2.62. The largest absolute Gasteiger partial charge is 0.322 e. The monoisotopic (exact) mass is 325 g/mol. The molecule has 2 fully saturated rings. The number of piperidine rings is 1. The number of halogens is 1. The minimum atomic E-state index is -0.366. The number of carbonyl (C=O) groups is 1. The number of anilines is 1. The smallest absolute Gasteiger partial charge is 0.318 e. The Morgan fingerprint density at radius 3 is 2.75 bits per heavy atom. The molecule has 1 aromatic heterocycles. The fraction of sp³-hybridized carbons (Fsp3) is 0.368. The average Bonchev–Trinajstić information content (AvgIpc) is 2.57. The summed E-state index contributed by atoms with van der Waals surface area (Å²) in [6.45, 7) is 1.96. The molecule has 2 aliphatic heterocycles. The van der Waals surface area contributed by atoms with Crippen molar-refractivity contribution in [3.05, 3.63) is 48.0 Å². The molecule has 2 amide bonds. The summed E-state index contributed by atoms with van der Waals surface area (Å²) in [6, 6.07) is 7.96. The van der Waals surface area contributed by atoms with E-state index in [0.29, 0.717) is 17.6 Å². The summed E-state index contributed by atoms with van der Waals surface area (Å²) in [5.74, 6) is -0.366.